The van der Waals surface area contributed by atoms with E-state index < -0.39 is 5.91 Å². The number of hydrogen-bond donors (Lipinski definition) is 0. The van der Waals surface area contributed by atoms with Crippen LogP contribution in [0.2, 0.25) is 0 Å². The number of hydrogen-bond acceptors (Lipinski definition) is 2. The van der Waals surface area contributed by atoms with Crippen molar-refractivity contribution in [2.45, 2.75) is 33.7 Å². The van der Waals surface area contributed by atoms with Crippen molar-refractivity contribution in [2.24, 2.45) is 0 Å². The van der Waals surface area contributed by atoms with Gasteiger partial charge in [0.15, 0.2) is 0 Å². The molecule has 0 unspecified atom stereocenters. The van der Waals surface area contributed by atoms with Crippen molar-refractivity contribution in [1.82, 2.24) is 4.90 Å². The second-order valence-corrected chi connectivity index (χ2v) is 5.44. The van der Waals surface area contributed by atoms with Crippen molar-refractivity contribution in [2.75, 3.05) is 0 Å². The second-order valence-electron chi connectivity index (χ2n) is 5.06. The Morgan fingerprint density at radius 1 is 1.05 bits per heavy atom. The molecule has 19 heavy (non-hydrogen) atoms. The van der Waals surface area contributed by atoms with Gasteiger partial charge in [-0.1, -0.05) is 29.8 Å². The normalized spacial score (nSPS) is 16.0. The van der Waals surface area contributed by atoms with Crippen LogP contribution in [-0.2, 0) is 9.59 Å². The summed E-state index contributed by atoms with van der Waals surface area (Å²) in [5, 5.41) is 0.0157. The maximum atomic E-state index is 12.3. The van der Waals surface area contributed by atoms with Crippen molar-refractivity contribution in [3.63, 3.8) is 0 Å². The Balaban J connectivity index is 2.52. The van der Waals surface area contributed by atoms with Crippen LogP contribution in [0.15, 0.2) is 23.2 Å². The Hall–Kier alpha value is -1.61. The minimum atomic E-state index is -0.408. The van der Waals surface area contributed by atoms with Crippen LogP contribution in [0, 0.1) is 13.8 Å². The van der Waals surface area contributed by atoms with E-state index in [1.165, 1.54) is 4.90 Å². The number of imide groups is 1. The summed E-state index contributed by atoms with van der Waals surface area (Å²) in [5.41, 5.74) is 3.22. The fraction of sp³-hybridized carbons (Fsp3) is 0.333. The van der Waals surface area contributed by atoms with Crippen LogP contribution in [0.3, 0.4) is 0 Å². The molecular weight excluding hydrogens is 262 g/mol. The van der Waals surface area contributed by atoms with Gasteiger partial charge in [-0.2, -0.15) is 0 Å². The van der Waals surface area contributed by atoms with Gasteiger partial charge in [-0.3, -0.25) is 14.5 Å². The highest BCUT2D eigenvalue weighted by Gasteiger charge is 2.39. The van der Waals surface area contributed by atoms with Crippen molar-refractivity contribution < 1.29 is 9.59 Å². The van der Waals surface area contributed by atoms with Gasteiger partial charge >= 0.3 is 0 Å². The van der Waals surface area contributed by atoms with E-state index in [0.717, 1.165) is 11.1 Å². The Bertz CT molecular complexity index is 602. The van der Waals surface area contributed by atoms with Gasteiger partial charge in [0, 0.05) is 6.04 Å². The molecule has 2 amide bonds. The zero-order valence-corrected chi connectivity index (χ0v) is 12.2. The Kier molecular flexibility index (Phi) is 3.50. The highest BCUT2D eigenvalue weighted by Crippen LogP contribution is 2.33. The minimum absolute atomic E-state index is 0.0157. The largest absolute Gasteiger partial charge is 0.273 e. The van der Waals surface area contributed by atoms with Crippen LogP contribution < -0.4 is 0 Å². The minimum Gasteiger partial charge on any atom is -0.271 e. The van der Waals surface area contributed by atoms with E-state index in [-0.39, 0.29) is 17.0 Å². The third kappa shape index (κ3) is 2.19. The fourth-order valence-electron chi connectivity index (χ4n) is 2.14. The van der Waals surface area contributed by atoms with Crippen LogP contribution in [0.5, 0.6) is 0 Å². The smallest absolute Gasteiger partial charge is 0.271 e. The lowest BCUT2D eigenvalue weighted by Gasteiger charge is -2.18. The van der Waals surface area contributed by atoms with E-state index in [0.29, 0.717) is 11.1 Å². The summed E-state index contributed by atoms with van der Waals surface area (Å²) in [6.07, 6.45) is 0. The molecule has 0 aliphatic carbocycles. The van der Waals surface area contributed by atoms with E-state index in [1.54, 1.807) is 13.8 Å². The van der Waals surface area contributed by atoms with Gasteiger partial charge < -0.3 is 0 Å². The molecule has 100 valence electrons. The number of nitrogens with zero attached hydrogens (tertiary/aromatic N) is 1. The lowest BCUT2D eigenvalue weighted by molar-refractivity contribution is -0.138. The van der Waals surface area contributed by atoms with Crippen LogP contribution in [0.4, 0.5) is 0 Å². The topological polar surface area (TPSA) is 37.4 Å². The zero-order valence-electron chi connectivity index (χ0n) is 11.5. The molecule has 0 N–H and O–H groups in total. The first-order valence-electron chi connectivity index (χ1n) is 6.20. The maximum Gasteiger partial charge on any atom is 0.273 e. The summed E-state index contributed by atoms with van der Waals surface area (Å²) in [5.74, 6) is -0.719. The average Bonchev–Trinajstić information content (AvgIpc) is 2.54. The summed E-state index contributed by atoms with van der Waals surface area (Å²) >= 11 is 6.06. The van der Waals surface area contributed by atoms with E-state index >= 15 is 0 Å². The molecule has 0 aromatic heterocycles. The SMILES string of the molecule is Cc1ccc(C2=C(Cl)C(=O)N(C(C)C)C2=O)cc1C. The summed E-state index contributed by atoms with van der Waals surface area (Å²) in [6, 6.07) is 5.45. The Morgan fingerprint density at radius 3 is 2.16 bits per heavy atom. The summed E-state index contributed by atoms with van der Waals surface area (Å²) in [7, 11) is 0. The predicted octanol–water partition coefficient (Wildman–Crippen LogP) is 3.03. The van der Waals surface area contributed by atoms with E-state index in [1.807, 2.05) is 32.0 Å². The molecule has 2 rings (SSSR count). The first-order chi connectivity index (χ1) is 8.84. The number of rotatable bonds is 2. The molecule has 0 spiro atoms. The lowest BCUT2D eigenvalue weighted by Crippen LogP contribution is -2.37. The number of benzene rings is 1. The van der Waals surface area contributed by atoms with E-state index in [9.17, 15) is 9.59 Å². The van der Waals surface area contributed by atoms with Gasteiger partial charge in [0.25, 0.3) is 11.8 Å². The third-order valence-corrected chi connectivity index (χ3v) is 3.72. The van der Waals surface area contributed by atoms with E-state index in [2.05, 4.69) is 0 Å². The van der Waals surface area contributed by atoms with E-state index in [4.69, 9.17) is 11.6 Å². The van der Waals surface area contributed by atoms with Gasteiger partial charge in [0.1, 0.15) is 5.03 Å². The van der Waals surface area contributed by atoms with Crippen molar-refractivity contribution in [3.8, 4) is 0 Å². The zero-order chi connectivity index (χ0) is 14.3. The average molecular weight is 278 g/mol. The Labute approximate surface area is 117 Å². The van der Waals surface area contributed by atoms with Gasteiger partial charge in [0.2, 0.25) is 0 Å². The molecule has 0 saturated carbocycles. The first kappa shape index (κ1) is 13.8. The van der Waals surface area contributed by atoms with Gasteiger partial charge in [-0.15, -0.1) is 0 Å². The lowest BCUT2D eigenvalue weighted by atomic mass is 10.0. The summed E-state index contributed by atoms with van der Waals surface area (Å²) in [4.78, 5) is 25.5. The van der Waals surface area contributed by atoms with Crippen LogP contribution >= 0.6 is 11.6 Å². The number of carbonyl (C=O) groups excluding carboxylic acids is 2. The molecule has 3 nitrogen and oxygen atoms in total. The molecule has 0 atom stereocenters. The molecular formula is C15H16ClNO2. The second kappa shape index (κ2) is 4.82. The summed E-state index contributed by atoms with van der Waals surface area (Å²) < 4.78 is 0. The number of aryl methyl sites for hydroxylation is 2. The number of amides is 2. The predicted molar refractivity (Wildman–Crippen MR) is 75.7 cm³/mol. The van der Waals surface area contributed by atoms with Gasteiger partial charge in [-0.25, -0.2) is 0 Å². The van der Waals surface area contributed by atoms with Crippen molar-refractivity contribution >= 4 is 29.0 Å². The van der Waals surface area contributed by atoms with Crippen molar-refractivity contribution in [1.29, 1.82) is 0 Å². The first-order valence-corrected chi connectivity index (χ1v) is 6.57. The quantitative estimate of drug-likeness (QED) is 0.779. The van der Waals surface area contributed by atoms with Gasteiger partial charge in [0.05, 0.1) is 5.57 Å². The molecule has 1 aromatic carbocycles. The van der Waals surface area contributed by atoms with Crippen LogP contribution in [0.25, 0.3) is 5.57 Å². The Morgan fingerprint density at radius 2 is 1.68 bits per heavy atom. The third-order valence-electron chi connectivity index (χ3n) is 3.37. The molecule has 1 heterocycles. The number of carbonyl (C=O) groups is 2. The summed E-state index contributed by atoms with van der Waals surface area (Å²) in [6.45, 7) is 7.55. The fourth-order valence-corrected chi connectivity index (χ4v) is 2.42. The molecule has 1 aliphatic rings. The molecule has 0 radical (unpaired) electrons. The monoisotopic (exact) mass is 277 g/mol. The molecule has 1 aliphatic heterocycles. The standard InChI is InChI=1S/C15H16ClNO2/c1-8(2)17-14(18)12(13(16)15(17)19)11-6-5-9(3)10(4)7-11/h5-8H,1-4H3. The molecule has 0 saturated heterocycles. The molecule has 0 fully saturated rings. The van der Waals surface area contributed by atoms with Crippen LogP contribution in [-0.4, -0.2) is 22.8 Å². The molecule has 1 aromatic rings. The van der Waals surface area contributed by atoms with Gasteiger partial charge in [-0.05, 0) is 44.4 Å². The maximum absolute atomic E-state index is 12.3. The number of halogens is 1. The van der Waals surface area contributed by atoms with Crippen LogP contribution in [0.1, 0.15) is 30.5 Å². The highest BCUT2D eigenvalue weighted by atomic mass is 35.5. The van der Waals surface area contributed by atoms with Crippen molar-refractivity contribution in [3.05, 3.63) is 39.9 Å². The molecule has 4 heteroatoms. The molecule has 0 bridgehead atoms. The highest BCUT2D eigenvalue weighted by molar-refractivity contribution is 6.55.